The second kappa shape index (κ2) is 8.98. The Kier molecular flexibility index (Phi) is 5.69. The first-order chi connectivity index (χ1) is 16.6. The monoisotopic (exact) mass is 456 g/mol. The van der Waals surface area contributed by atoms with Gasteiger partial charge < -0.3 is 19.9 Å². The highest BCUT2D eigenvalue weighted by Crippen LogP contribution is 2.32. The first-order valence-electron chi connectivity index (χ1n) is 12.3. The molecule has 0 bridgehead atoms. The number of nitrogens with zero attached hydrogens (tertiary/aromatic N) is 4. The number of piperazine rings is 1. The Morgan fingerprint density at radius 1 is 0.971 bits per heavy atom. The number of morpholine rings is 1. The molecule has 2 unspecified atom stereocenters. The minimum absolute atomic E-state index is 0.509. The van der Waals surface area contributed by atoms with Gasteiger partial charge in [0, 0.05) is 72.9 Å². The number of hydrogen-bond donors (Lipinski definition) is 2. The summed E-state index contributed by atoms with van der Waals surface area (Å²) in [6.45, 7) is 10.7. The zero-order valence-corrected chi connectivity index (χ0v) is 19.9. The van der Waals surface area contributed by atoms with E-state index in [1.54, 1.807) is 0 Å². The lowest BCUT2D eigenvalue weighted by molar-refractivity contribution is 0.122. The zero-order valence-electron chi connectivity index (χ0n) is 19.9. The van der Waals surface area contributed by atoms with Crippen molar-refractivity contribution in [3.05, 3.63) is 54.2 Å². The summed E-state index contributed by atoms with van der Waals surface area (Å²) >= 11 is 0. The molecule has 0 amide bonds. The van der Waals surface area contributed by atoms with Crippen LogP contribution in [0.5, 0.6) is 0 Å². The van der Waals surface area contributed by atoms with Gasteiger partial charge in [-0.2, -0.15) is 0 Å². The highest BCUT2D eigenvalue weighted by molar-refractivity contribution is 5.97. The molecule has 2 N–H and O–H groups in total. The molecule has 4 heterocycles. The fraction of sp³-hybridized carbons (Fsp3) is 0.407. The second-order valence-corrected chi connectivity index (χ2v) is 9.73. The summed E-state index contributed by atoms with van der Waals surface area (Å²) in [5, 5.41) is 5.90. The van der Waals surface area contributed by atoms with Gasteiger partial charge in [-0.15, -0.1) is 0 Å². The SMILES string of the molecule is CC1CN(Cc2ccc3nc(-c4cccc5[nH]ccc45)nc(N4CCOCC4)c3c2)CC(C)N1. The quantitative estimate of drug-likeness (QED) is 0.487. The number of ether oxygens (including phenoxy) is 1. The molecule has 2 aromatic heterocycles. The van der Waals surface area contributed by atoms with Gasteiger partial charge in [0.05, 0.1) is 18.7 Å². The van der Waals surface area contributed by atoms with Crippen molar-refractivity contribution < 1.29 is 4.74 Å². The van der Waals surface area contributed by atoms with Crippen LogP contribution in [0.2, 0.25) is 0 Å². The van der Waals surface area contributed by atoms with E-state index in [4.69, 9.17) is 14.7 Å². The molecule has 0 aliphatic carbocycles. The standard InChI is InChI=1S/C27H32N6O/c1-18-15-32(16-19(2)29-18)17-20-6-7-25-23(14-20)27(33-10-12-34-13-11-33)31-26(30-25)22-4-3-5-24-21(22)8-9-28-24/h3-9,14,18-19,28-29H,10-13,15-17H2,1-2H3. The number of benzene rings is 2. The van der Waals surface area contributed by atoms with E-state index in [0.29, 0.717) is 12.1 Å². The summed E-state index contributed by atoms with van der Waals surface area (Å²) in [5.74, 6) is 1.79. The van der Waals surface area contributed by atoms with Crippen molar-refractivity contribution in [3.8, 4) is 11.4 Å². The minimum atomic E-state index is 0.509. The molecule has 0 spiro atoms. The van der Waals surface area contributed by atoms with Crippen molar-refractivity contribution in [2.75, 3.05) is 44.3 Å². The van der Waals surface area contributed by atoms with E-state index in [2.05, 4.69) is 76.4 Å². The minimum Gasteiger partial charge on any atom is -0.378 e. The highest BCUT2D eigenvalue weighted by atomic mass is 16.5. The van der Waals surface area contributed by atoms with Crippen LogP contribution >= 0.6 is 0 Å². The van der Waals surface area contributed by atoms with Gasteiger partial charge in [-0.25, -0.2) is 9.97 Å². The molecule has 7 nitrogen and oxygen atoms in total. The Hall–Kier alpha value is -3.00. The largest absolute Gasteiger partial charge is 0.378 e. The molecule has 2 aromatic carbocycles. The van der Waals surface area contributed by atoms with Gasteiger partial charge in [0.2, 0.25) is 0 Å². The maximum absolute atomic E-state index is 5.64. The van der Waals surface area contributed by atoms with E-state index >= 15 is 0 Å². The number of aromatic nitrogens is 3. The first kappa shape index (κ1) is 21.5. The van der Waals surface area contributed by atoms with Gasteiger partial charge in [-0.3, -0.25) is 4.90 Å². The van der Waals surface area contributed by atoms with E-state index in [9.17, 15) is 0 Å². The van der Waals surface area contributed by atoms with Crippen LogP contribution in [0, 0.1) is 0 Å². The first-order valence-corrected chi connectivity index (χ1v) is 12.3. The maximum Gasteiger partial charge on any atom is 0.162 e. The summed E-state index contributed by atoms with van der Waals surface area (Å²) in [7, 11) is 0. The number of aromatic amines is 1. The fourth-order valence-corrected chi connectivity index (χ4v) is 5.50. The normalized spacial score (nSPS) is 22.0. The Balaban J connectivity index is 1.43. The van der Waals surface area contributed by atoms with E-state index < -0.39 is 0 Å². The Labute approximate surface area is 200 Å². The smallest absolute Gasteiger partial charge is 0.162 e. The third-order valence-electron chi connectivity index (χ3n) is 6.93. The van der Waals surface area contributed by atoms with E-state index in [1.165, 1.54) is 5.56 Å². The molecule has 2 saturated heterocycles. The van der Waals surface area contributed by atoms with Crippen molar-refractivity contribution in [2.45, 2.75) is 32.5 Å². The van der Waals surface area contributed by atoms with E-state index in [0.717, 1.165) is 84.9 Å². The van der Waals surface area contributed by atoms with Crippen molar-refractivity contribution in [1.82, 2.24) is 25.2 Å². The molecule has 2 aliphatic heterocycles. The molecule has 0 radical (unpaired) electrons. The average Bonchev–Trinajstić information content (AvgIpc) is 3.32. The molecule has 2 fully saturated rings. The predicted octanol–water partition coefficient (Wildman–Crippen LogP) is 3.80. The molecule has 6 rings (SSSR count). The van der Waals surface area contributed by atoms with Crippen LogP contribution in [-0.2, 0) is 11.3 Å². The van der Waals surface area contributed by atoms with E-state index in [1.807, 2.05) is 6.20 Å². The van der Waals surface area contributed by atoms with Crippen molar-refractivity contribution in [2.24, 2.45) is 0 Å². The van der Waals surface area contributed by atoms with Crippen LogP contribution in [0.15, 0.2) is 48.7 Å². The lowest BCUT2D eigenvalue weighted by atomic mass is 10.1. The number of H-pyrrole nitrogens is 1. The molecule has 2 atom stereocenters. The molecule has 4 aromatic rings. The molecule has 7 heteroatoms. The van der Waals surface area contributed by atoms with Crippen LogP contribution in [0.3, 0.4) is 0 Å². The second-order valence-electron chi connectivity index (χ2n) is 9.73. The Bertz CT molecular complexity index is 1300. The molecule has 2 aliphatic rings. The summed E-state index contributed by atoms with van der Waals surface area (Å²) in [6.07, 6.45) is 1.97. The number of rotatable bonds is 4. The lowest BCUT2D eigenvalue weighted by Crippen LogP contribution is -2.53. The Morgan fingerprint density at radius 2 is 1.79 bits per heavy atom. The van der Waals surface area contributed by atoms with Gasteiger partial charge in [-0.05, 0) is 43.7 Å². The topological polar surface area (TPSA) is 69.3 Å². The Morgan fingerprint density at radius 3 is 2.62 bits per heavy atom. The van der Waals surface area contributed by atoms with Crippen molar-refractivity contribution in [3.63, 3.8) is 0 Å². The van der Waals surface area contributed by atoms with Gasteiger partial charge in [0.25, 0.3) is 0 Å². The summed E-state index contributed by atoms with van der Waals surface area (Å²) < 4.78 is 5.64. The van der Waals surface area contributed by atoms with Crippen LogP contribution in [0.25, 0.3) is 33.2 Å². The molecular weight excluding hydrogens is 424 g/mol. The number of anilines is 1. The number of nitrogens with one attached hydrogen (secondary N) is 2. The number of hydrogen-bond acceptors (Lipinski definition) is 6. The third kappa shape index (κ3) is 4.15. The third-order valence-corrected chi connectivity index (χ3v) is 6.93. The molecule has 34 heavy (non-hydrogen) atoms. The van der Waals surface area contributed by atoms with Gasteiger partial charge in [0.1, 0.15) is 5.82 Å². The molecule has 0 saturated carbocycles. The molecular formula is C27H32N6O. The zero-order chi connectivity index (χ0) is 23.1. The number of fused-ring (bicyclic) bond motifs is 2. The average molecular weight is 457 g/mol. The van der Waals surface area contributed by atoms with Crippen LogP contribution in [0.1, 0.15) is 19.4 Å². The van der Waals surface area contributed by atoms with Crippen LogP contribution in [0.4, 0.5) is 5.82 Å². The molecule has 176 valence electrons. The van der Waals surface area contributed by atoms with Crippen molar-refractivity contribution in [1.29, 1.82) is 0 Å². The summed E-state index contributed by atoms with van der Waals surface area (Å²) in [5.41, 5.74) is 4.46. The maximum atomic E-state index is 5.64. The fourth-order valence-electron chi connectivity index (χ4n) is 5.50. The van der Waals surface area contributed by atoms with Gasteiger partial charge in [-0.1, -0.05) is 18.2 Å². The van der Waals surface area contributed by atoms with E-state index in [-0.39, 0.29) is 0 Å². The predicted molar refractivity (Wildman–Crippen MR) is 137 cm³/mol. The summed E-state index contributed by atoms with van der Waals surface area (Å²) in [4.78, 5) is 18.4. The van der Waals surface area contributed by atoms with Crippen LogP contribution < -0.4 is 10.2 Å². The van der Waals surface area contributed by atoms with Crippen LogP contribution in [-0.4, -0.2) is 71.3 Å². The van der Waals surface area contributed by atoms with Gasteiger partial charge in [0.15, 0.2) is 5.82 Å². The lowest BCUT2D eigenvalue weighted by Gasteiger charge is -2.36. The summed E-state index contributed by atoms with van der Waals surface area (Å²) in [6, 6.07) is 16.1. The van der Waals surface area contributed by atoms with Crippen molar-refractivity contribution >= 4 is 27.6 Å². The van der Waals surface area contributed by atoms with Gasteiger partial charge >= 0.3 is 0 Å². The highest BCUT2D eigenvalue weighted by Gasteiger charge is 2.22.